The molecule has 0 unspecified atom stereocenters. The Morgan fingerprint density at radius 2 is 1.76 bits per heavy atom. The van der Waals surface area contributed by atoms with E-state index in [1.54, 1.807) is 31.2 Å². The summed E-state index contributed by atoms with van der Waals surface area (Å²) in [7, 11) is 0. The third-order valence-electron chi connectivity index (χ3n) is 4.72. The quantitative estimate of drug-likeness (QED) is 0.751. The molecule has 29 heavy (non-hydrogen) atoms. The largest absolute Gasteiger partial charge is 0.450 e. The summed E-state index contributed by atoms with van der Waals surface area (Å²) in [4.78, 5) is 26.6. The van der Waals surface area contributed by atoms with Crippen LogP contribution >= 0.6 is 0 Å². The molecule has 2 amide bonds. The van der Waals surface area contributed by atoms with Crippen molar-refractivity contribution in [3.05, 3.63) is 65.7 Å². The van der Waals surface area contributed by atoms with Crippen molar-refractivity contribution in [3.8, 4) is 0 Å². The van der Waals surface area contributed by atoms with E-state index in [9.17, 15) is 9.59 Å². The Labute approximate surface area is 171 Å². The van der Waals surface area contributed by atoms with Crippen LogP contribution in [0.1, 0.15) is 28.9 Å². The highest BCUT2D eigenvalue weighted by molar-refractivity contribution is 5.95. The van der Waals surface area contributed by atoms with Gasteiger partial charge < -0.3 is 14.8 Å². The van der Waals surface area contributed by atoms with Gasteiger partial charge in [-0.25, -0.2) is 4.79 Å². The van der Waals surface area contributed by atoms with E-state index in [0.717, 1.165) is 25.2 Å². The second-order valence-electron chi connectivity index (χ2n) is 6.77. The lowest BCUT2D eigenvalue weighted by atomic mass is 10.1. The summed E-state index contributed by atoms with van der Waals surface area (Å²) in [6, 6.07) is 16.6. The molecule has 1 aliphatic rings. The Morgan fingerprint density at radius 3 is 2.41 bits per heavy atom. The summed E-state index contributed by atoms with van der Waals surface area (Å²) in [5.74, 6) is -0.158. The fraction of sp³-hybridized carbons (Fsp3) is 0.364. The molecule has 7 heteroatoms. The van der Waals surface area contributed by atoms with Crippen LogP contribution in [0.2, 0.25) is 0 Å². The van der Waals surface area contributed by atoms with Gasteiger partial charge in [0.25, 0.3) is 5.91 Å². The van der Waals surface area contributed by atoms with Gasteiger partial charge in [-0.15, -0.1) is 0 Å². The molecular formula is C22H27N3O4. The highest BCUT2D eigenvalue weighted by Crippen LogP contribution is 2.17. The molecule has 2 aromatic carbocycles. The Morgan fingerprint density at radius 1 is 1.07 bits per heavy atom. The van der Waals surface area contributed by atoms with Gasteiger partial charge in [0.2, 0.25) is 0 Å². The van der Waals surface area contributed by atoms with Crippen LogP contribution in [0.3, 0.4) is 0 Å². The number of hydrogen-bond donors (Lipinski definition) is 2. The van der Waals surface area contributed by atoms with Crippen LogP contribution in [-0.4, -0.2) is 56.4 Å². The smallest absolute Gasteiger partial charge is 0.411 e. The number of morpholine rings is 1. The SMILES string of the molecule is CCOC(=O)Nc1ccc(C(=O)N[C@@H](CN2CCOCC2)c2ccccc2)cc1. The Bertz CT molecular complexity index is 789. The zero-order valence-electron chi connectivity index (χ0n) is 16.6. The van der Waals surface area contributed by atoms with Crippen molar-refractivity contribution in [2.45, 2.75) is 13.0 Å². The van der Waals surface area contributed by atoms with Crippen molar-refractivity contribution < 1.29 is 19.1 Å². The van der Waals surface area contributed by atoms with Gasteiger partial charge in [0.1, 0.15) is 0 Å². The zero-order chi connectivity index (χ0) is 20.5. The predicted molar refractivity (Wildman–Crippen MR) is 111 cm³/mol. The molecule has 1 atom stereocenters. The van der Waals surface area contributed by atoms with Crippen molar-refractivity contribution in [2.24, 2.45) is 0 Å². The van der Waals surface area contributed by atoms with Crippen molar-refractivity contribution in [3.63, 3.8) is 0 Å². The molecule has 3 rings (SSSR count). The van der Waals surface area contributed by atoms with Gasteiger partial charge in [-0.1, -0.05) is 30.3 Å². The molecule has 1 aliphatic heterocycles. The molecule has 1 fully saturated rings. The molecule has 2 aromatic rings. The van der Waals surface area contributed by atoms with Crippen molar-refractivity contribution in [1.82, 2.24) is 10.2 Å². The van der Waals surface area contributed by atoms with E-state index in [4.69, 9.17) is 9.47 Å². The number of hydrogen-bond acceptors (Lipinski definition) is 5. The van der Waals surface area contributed by atoms with Gasteiger partial charge in [-0.2, -0.15) is 0 Å². The Balaban J connectivity index is 1.66. The number of ether oxygens (including phenoxy) is 2. The van der Waals surface area contributed by atoms with Crippen LogP contribution in [0, 0.1) is 0 Å². The maximum atomic E-state index is 12.8. The molecule has 0 saturated carbocycles. The number of benzene rings is 2. The molecule has 154 valence electrons. The lowest BCUT2D eigenvalue weighted by Gasteiger charge is -2.31. The van der Waals surface area contributed by atoms with Gasteiger partial charge in [0.05, 0.1) is 25.9 Å². The molecule has 0 aliphatic carbocycles. The van der Waals surface area contributed by atoms with E-state index in [2.05, 4.69) is 15.5 Å². The molecule has 7 nitrogen and oxygen atoms in total. The molecule has 1 saturated heterocycles. The average molecular weight is 397 g/mol. The maximum Gasteiger partial charge on any atom is 0.411 e. The van der Waals surface area contributed by atoms with Crippen LogP contribution < -0.4 is 10.6 Å². The minimum Gasteiger partial charge on any atom is -0.450 e. The first-order valence-electron chi connectivity index (χ1n) is 9.85. The summed E-state index contributed by atoms with van der Waals surface area (Å²) in [5.41, 5.74) is 2.17. The van der Waals surface area contributed by atoms with Gasteiger partial charge in [-0.05, 0) is 36.8 Å². The van der Waals surface area contributed by atoms with E-state index >= 15 is 0 Å². The van der Waals surface area contributed by atoms with Crippen molar-refractivity contribution >= 4 is 17.7 Å². The second-order valence-corrected chi connectivity index (χ2v) is 6.77. The van der Waals surface area contributed by atoms with E-state index < -0.39 is 6.09 Å². The monoisotopic (exact) mass is 397 g/mol. The average Bonchev–Trinajstić information content (AvgIpc) is 2.75. The highest BCUT2D eigenvalue weighted by atomic mass is 16.5. The number of amides is 2. The van der Waals surface area contributed by atoms with E-state index in [1.165, 1.54) is 0 Å². The highest BCUT2D eigenvalue weighted by Gasteiger charge is 2.20. The molecule has 0 radical (unpaired) electrons. The molecule has 0 bridgehead atoms. The number of anilines is 1. The fourth-order valence-corrected chi connectivity index (χ4v) is 3.19. The van der Waals surface area contributed by atoms with E-state index in [1.807, 2.05) is 30.3 Å². The predicted octanol–water partition coefficient (Wildman–Crippen LogP) is 3.06. The second kappa shape index (κ2) is 10.6. The number of carbonyl (C=O) groups excluding carboxylic acids is 2. The standard InChI is InChI=1S/C22H27N3O4/c1-2-29-22(27)23-19-10-8-18(9-11-19)21(26)24-20(17-6-4-3-5-7-17)16-25-12-14-28-15-13-25/h3-11,20H,2,12-16H2,1H3,(H,23,27)(H,24,26)/t20-/m0/s1. The molecule has 1 heterocycles. The lowest BCUT2D eigenvalue weighted by Crippen LogP contribution is -2.43. The number of rotatable bonds is 7. The molecule has 0 aromatic heterocycles. The lowest BCUT2D eigenvalue weighted by molar-refractivity contribution is 0.0332. The number of nitrogens with zero attached hydrogens (tertiary/aromatic N) is 1. The van der Waals surface area contributed by atoms with E-state index in [-0.39, 0.29) is 11.9 Å². The normalized spacial score (nSPS) is 15.3. The van der Waals surface area contributed by atoms with Crippen LogP contribution in [-0.2, 0) is 9.47 Å². The van der Waals surface area contributed by atoms with Gasteiger partial charge in [-0.3, -0.25) is 15.0 Å². The van der Waals surface area contributed by atoms with Gasteiger partial charge in [0.15, 0.2) is 0 Å². The summed E-state index contributed by atoms with van der Waals surface area (Å²) in [5, 5.41) is 5.76. The van der Waals surface area contributed by atoms with Crippen LogP contribution in [0.5, 0.6) is 0 Å². The minimum absolute atomic E-state index is 0.126. The third kappa shape index (κ3) is 6.30. The third-order valence-corrected chi connectivity index (χ3v) is 4.72. The molecule has 0 spiro atoms. The zero-order valence-corrected chi connectivity index (χ0v) is 16.6. The number of carbonyl (C=O) groups is 2. The number of nitrogens with one attached hydrogen (secondary N) is 2. The first kappa shape index (κ1) is 20.8. The molecule has 2 N–H and O–H groups in total. The summed E-state index contributed by atoms with van der Waals surface area (Å²) in [6.07, 6.45) is -0.514. The summed E-state index contributed by atoms with van der Waals surface area (Å²) < 4.78 is 10.3. The minimum atomic E-state index is -0.514. The van der Waals surface area contributed by atoms with Crippen molar-refractivity contribution in [2.75, 3.05) is 44.8 Å². The van der Waals surface area contributed by atoms with Crippen LogP contribution in [0.15, 0.2) is 54.6 Å². The van der Waals surface area contributed by atoms with Crippen LogP contribution in [0.4, 0.5) is 10.5 Å². The Hall–Kier alpha value is -2.90. The van der Waals surface area contributed by atoms with Crippen molar-refractivity contribution in [1.29, 1.82) is 0 Å². The first-order chi connectivity index (χ1) is 14.2. The van der Waals surface area contributed by atoms with Gasteiger partial charge in [0, 0.05) is 30.9 Å². The first-order valence-corrected chi connectivity index (χ1v) is 9.85. The van der Waals surface area contributed by atoms with E-state index in [0.29, 0.717) is 31.1 Å². The summed E-state index contributed by atoms with van der Waals surface area (Å²) in [6.45, 7) is 5.90. The Kier molecular flexibility index (Phi) is 7.61. The van der Waals surface area contributed by atoms with Crippen LogP contribution in [0.25, 0.3) is 0 Å². The fourth-order valence-electron chi connectivity index (χ4n) is 3.19. The maximum absolute atomic E-state index is 12.8. The molecular weight excluding hydrogens is 370 g/mol. The topological polar surface area (TPSA) is 79.9 Å². The van der Waals surface area contributed by atoms with Gasteiger partial charge >= 0.3 is 6.09 Å². The summed E-state index contributed by atoms with van der Waals surface area (Å²) >= 11 is 0.